The number of carbonyl (C=O) groups excluding carboxylic acids is 3. The molecular formula is C21H25N3O4. The van der Waals surface area contributed by atoms with Crippen molar-refractivity contribution < 1.29 is 19.1 Å². The lowest BCUT2D eigenvalue weighted by atomic mass is 10.0. The number of amides is 1. The normalized spacial score (nSPS) is 13.8. The van der Waals surface area contributed by atoms with E-state index in [-0.39, 0.29) is 11.7 Å². The van der Waals surface area contributed by atoms with Gasteiger partial charge in [-0.3, -0.25) is 9.59 Å². The molecule has 148 valence electrons. The molecule has 3 rings (SSSR count). The molecular weight excluding hydrogens is 358 g/mol. The molecule has 1 amide bonds. The number of esters is 1. The van der Waals surface area contributed by atoms with Gasteiger partial charge in [-0.2, -0.15) is 0 Å². The third-order valence-corrected chi connectivity index (χ3v) is 5.21. The Balaban J connectivity index is 1.79. The van der Waals surface area contributed by atoms with Crippen LogP contribution in [0, 0.1) is 13.8 Å². The van der Waals surface area contributed by atoms with E-state index >= 15 is 0 Å². The summed E-state index contributed by atoms with van der Waals surface area (Å²) in [4.78, 5) is 41.3. The summed E-state index contributed by atoms with van der Waals surface area (Å²) in [5.41, 5.74) is 4.84. The van der Waals surface area contributed by atoms with E-state index in [2.05, 4.69) is 10.3 Å². The molecule has 1 aromatic carbocycles. The number of ether oxygens (including phenoxy) is 1. The van der Waals surface area contributed by atoms with Gasteiger partial charge in [0.25, 0.3) is 0 Å². The molecule has 1 atom stereocenters. The maximum Gasteiger partial charge on any atom is 0.339 e. The summed E-state index contributed by atoms with van der Waals surface area (Å²) in [6, 6.07) is 5.26. The van der Waals surface area contributed by atoms with E-state index in [1.54, 1.807) is 32.6 Å². The number of anilines is 2. The summed E-state index contributed by atoms with van der Waals surface area (Å²) in [5, 5.41) is 3.22. The monoisotopic (exact) mass is 383 g/mol. The third-order valence-electron chi connectivity index (χ3n) is 5.21. The summed E-state index contributed by atoms with van der Waals surface area (Å²) in [5.74, 6) is -0.567. The van der Waals surface area contributed by atoms with Gasteiger partial charge in [0.05, 0.1) is 24.4 Å². The van der Waals surface area contributed by atoms with Crippen molar-refractivity contribution in [3.05, 3.63) is 46.3 Å². The lowest BCUT2D eigenvalue weighted by molar-refractivity contribution is -0.116. The minimum Gasteiger partial charge on any atom is -0.465 e. The summed E-state index contributed by atoms with van der Waals surface area (Å²) in [6.45, 7) is 7.51. The van der Waals surface area contributed by atoms with E-state index in [1.807, 2.05) is 18.2 Å². The average molecular weight is 383 g/mol. The van der Waals surface area contributed by atoms with Gasteiger partial charge in [0.2, 0.25) is 11.7 Å². The van der Waals surface area contributed by atoms with E-state index in [0.717, 1.165) is 23.4 Å². The Hall–Kier alpha value is -3.09. The van der Waals surface area contributed by atoms with Gasteiger partial charge in [-0.15, -0.1) is 0 Å². The molecule has 1 aromatic heterocycles. The first-order valence-electron chi connectivity index (χ1n) is 9.23. The fourth-order valence-electron chi connectivity index (χ4n) is 3.76. The van der Waals surface area contributed by atoms with E-state index in [4.69, 9.17) is 4.74 Å². The van der Waals surface area contributed by atoms with Crippen LogP contribution in [0.2, 0.25) is 0 Å². The average Bonchev–Trinajstić information content (AvgIpc) is 3.20. The van der Waals surface area contributed by atoms with Gasteiger partial charge in [-0.05, 0) is 56.5 Å². The molecule has 0 radical (unpaired) electrons. The van der Waals surface area contributed by atoms with Crippen LogP contribution in [-0.4, -0.2) is 42.3 Å². The predicted molar refractivity (Wildman–Crippen MR) is 107 cm³/mol. The van der Waals surface area contributed by atoms with Gasteiger partial charge in [-0.1, -0.05) is 0 Å². The molecule has 28 heavy (non-hydrogen) atoms. The van der Waals surface area contributed by atoms with Crippen LogP contribution < -0.4 is 10.2 Å². The van der Waals surface area contributed by atoms with Crippen molar-refractivity contribution in [3.8, 4) is 0 Å². The fraction of sp³-hybridized carbons (Fsp3) is 0.381. The first kappa shape index (κ1) is 19.7. The number of Topliss-reactive ketones (excluding diaryl/α,β-unsaturated/α-hetero) is 1. The summed E-state index contributed by atoms with van der Waals surface area (Å²) in [6.07, 6.45) is 0.796. The SMILES string of the molecule is COC(=O)c1c(C)[nH]c(C(=O)[C@H](C)Nc2ccc3c(c2)CCN3C(C)=O)c1C. The second-order valence-corrected chi connectivity index (χ2v) is 7.11. The number of aryl methyl sites for hydroxylation is 1. The maximum atomic E-state index is 12.9. The quantitative estimate of drug-likeness (QED) is 0.612. The zero-order valence-corrected chi connectivity index (χ0v) is 16.8. The van der Waals surface area contributed by atoms with Gasteiger partial charge >= 0.3 is 5.97 Å². The van der Waals surface area contributed by atoms with E-state index in [0.29, 0.717) is 29.1 Å². The Kier molecular flexibility index (Phi) is 5.27. The Bertz CT molecular complexity index is 961. The highest BCUT2D eigenvalue weighted by atomic mass is 16.5. The Labute approximate surface area is 164 Å². The molecule has 0 aliphatic carbocycles. The van der Waals surface area contributed by atoms with Crippen molar-refractivity contribution in [1.82, 2.24) is 4.98 Å². The topological polar surface area (TPSA) is 91.5 Å². The molecule has 2 N–H and O–H groups in total. The molecule has 0 bridgehead atoms. The number of rotatable bonds is 5. The van der Waals surface area contributed by atoms with Crippen LogP contribution in [0.5, 0.6) is 0 Å². The standard InChI is InChI=1S/C21H25N3O4/c1-11-18(21(27)28-5)12(2)23-19(11)20(26)13(3)22-16-6-7-17-15(10-16)8-9-24(17)14(4)25/h6-7,10,13,22-23H,8-9H2,1-5H3/t13-/m0/s1. The minimum absolute atomic E-state index is 0.0296. The number of H-pyrrole nitrogens is 1. The smallest absolute Gasteiger partial charge is 0.339 e. The molecule has 0 spiro atoms. The number of methoxy groups -OCH3 is 1. The number of benzene rings is 1. The molecule has 0 fully saturated rings. The summed E-state index contributed by atoms with van der Waals surface area (Å²) in [7, 11) is 1.32. The van der Waals surface area contributed by atoms with Crippen LogP contribution in [0.1, 0.15) is 51.5 Å². The summed E-state index contributed by atoms with van der Waals surface area (Å²) >= 11 is 0. The first-order chi connectivity index (χ1) is 13.2. The zero-order valence-electron chi connectivity index (χ0n) is 16.8. The van der Waals surface area contributed by atoms with E-state index in [1.165, 1.54) is 7.11 Å². The van der Waals surface area contributed by atoms with Gasteiger partial charge in [0, 0.05) is 30.5 Å². The number of aromatic nitrogens is 1. The Morgan fingerprint density at radius 2 is 1.96 bits per heavy atom. The largest absolute Gasteiger partial charge is 0.465 e. The van der Waals surface area contributed by atoms with Crippen molar-refractivity contribution in [3.63, 3.8) is 0 Å². The lowest BCUT2D eigenvalue weighted by Gasteiger charge is -2.17. The van der Waals surface area contributed by atoms with Gasteiger partial charge < -0.3 is 19.9 Å². The number of ketones is 1. The number of hydrogen-bond acceptors (Lipinski definition) is 5. The molecule has 0 unspecified atom stereocenters. The highest BCUT2D eigenvalue weighted by Gasteiger charge is 2.26. The van der Waals surface area contributed by atoms with Gasteiger partial charge in [0.1, 0.15) is 0 Å². The maximum absolute atomic E-state index is 12.9. The van der Waals surface area contributed by atoms with Crippen molar-refractivity contribution in [2.75, 3.05) is 23.9 Å². The van der Waals surface area contributed by atoms with Crippen LogP contribution in [0.3, 0.4) is 0 Å². The van der Waals surface area contributed by atoms with E-state index in [9.17, 15) is 14.4 Å². The Morgan fingerprint density at radius 1 is 1.25 bits per heavy atom. The molecule has 1 aliphatic heterocycles. The second kappa shape index (κ2) is 7.50. The minimum atomic E-state index is -0.495. The van der Waals surface area contributed by atoms with Crippen LogP contribution in [0.4, 0.5) is 11.4 Å². The molecule has 7 heteroatoms. The number of aromatic amines is 1. The molecule has 0 saturated carbocycles. The summed E-state index contributed by atoms with van der Waals surface area (Å²) < 4.78 is 4.80. The van der Waals surface area contributed by atoms with Gasteiger partial charge in [0.15, 0.2) is 0 Å². The van der Waals surface area contributed by atoms with Crippen LogP contribution in [-0.2, 0) is 16.0 Å². The number of hydrogen-bond donors (Lipinski definition) is 2. The highest BCUT2D eigenvalue weighted by molar-refractivity contribution is 6.04. The number of fused-ring (bicyclic) bond motifs is 1. The third kappa shape index (κ3) is 3.40. The zero-order chi connectivity index (χ0) is 20.6. The molecule has 1 aliphatic rings. The van der Waals surface area contributed by atoms with Crippen molar-refractivity contribution in [2.45, 2.75) is 40.2 Å². The van der Waals surface area contributed by atoms with E-state index < -0.39 is 12.0 Å². The van der Waals surface area contributed by atoms with Crippen molar-refractivity contribution >= 4 is 29.0 Å². The second-order valence-electron chi connectivity index (χ2n) is 7.11. The number of carbonyl (C=O) groups is 3. The first-order valence-corrected chi connectivity index (χ1v) is 9.23. The highest BCUT2D eigenvalue weighted by Crippen LogP contribution is 2.31. The number of nitrogens with zero attached hydrogens (tertiary/aromatic N) is 1. The molecule has 7 nitrogen and oxygen atoms in total. The molecule has 0 saturated heterocycles. The van der Waals surface area contributed by atoms with Crippen molar-refractivity contribution in [2.24, 2.45) is 0 Å². The molecule has 2 aromatic rings. The molecule has 2 heterocycles. The van der Waals surface area contributed by atoms with Gasteiger partial charge in [-0.25, -0.2) is 4.79 Å². The van der Waals surface area contributed by atoms with Crippen LogP contribution in [0.15, 0.2) is 18.2 Å². The predicted octanol–water partition coefficient (Wildman–Crippen LogP) is 3.01. The van der Waals surface area contributed by atoms with Crippen molar-refractivity contribution in [1.29, 1.82) is 0 Å². The Morgan fingerprint density at radius 3 is 2.61 bits per heavy atom. The van der Waals surface area contributed by atoms with Crippen LogP contribution >= 0.6 is 0 Å². The van der Waals surface area contributed by atoms with Crippen LogP contribution in [0.25, 0.3) is 0 Å². The fourth-order valence-corrected chi connectivity index (χ4v) is 3.76. The lowest BCUT2D eigenvalue weighted by Crippen LogP contribution is -2.27. The number of nitrogens with one attached hydrogen (secondary N) is 2.